The van der Waals surface area contributed by atoms with E-state index in [0.29, 0.717) is 37.1 Å². The predicted octanol–water partition coefficient (Wildman–Crippen LogP) is 3.05. The number of amides is 3. The highest BCUT2D eigenvalue weighted by atomic mass is 16.4. The average Bonchev–Trinajstić information content (AvgIpc) is 2.55. The summed E-state index contributed by atoms with van der Waals surface area (Å²) in [4.78, 5) is 34.8. The van der Waals surface area contributed by atoms with Gasteiger partial charge in [0.1, 0.15) is 0 Å². The van der Waals surface area contributed by atoms with Gasteiger partial charge in [-0.25, -0.2) is 4.79 Å². The van der Waals surface area contributed by atoms with Crippen LogP contribution in [0.25, 0.3) is 0 Å². The molecule has 0 aromatic heterocycles. The first-order chi connectivity index (χ1) is 11.8. The Hall–Kier alpha value is -2.57. The Labute approximate surface area is 147 Å². The van der Waals surface area contributed by atoms with Crippen molar-refractivity contribution in [3.63, 3.8) is 0 Å². The molecule has 7 heteroatoms. The molecule has 2 rings (SSSR count). The van der Waals surface area contributed by atoms with Crippen molar-refractivity contribution in [2.24, 2.45) is 11.8 Å². The zero-order valence-corrected chi connectivity index (χ0v) is 14.5. The fourth-order valence-corrected chi connectivity index (χ4v) is 2.80. The Morgan fingerprint density at radius 2 is 1.64 bits per heavy atom. The second kappa shape index (κ2) is 8.50. The lowest BCUT2D eigenvalue weighted by Crippen LogP contribution is -2.40. The van der Waals surface area contributed by atoms with Gasteiger partial charge in [-0.2, -0.15) is 0 Å². The molecule has 25 heavy (non-hydrogen) atoms. The summed E-state index contributed by atoms with van der Waals surface area (Å²) in [5.74, 6) is -1.27. The Morgan fingerprint density at radius 3 is 2.20 bits per heavy atom. The van der Waals surface area contributed by atoms with Crippen molar-refractivity contribution in [3.8, 4) is 0 Å². The van der Waals surface area contributed by atoms with Crippen LogP contribution in [0.5, 0.6) is 0 Å². The van der Waals surface area contributed by atoms with Gasteiger partial charge in [0.15, 0.2) is 0 Å². The third kappa shape index (κ3) is 5.77. The molecule has 1 aliphatic rings. The maximum Gasteiger partial charge on any atom is 0.319 e. The SMILES string of the molecule is CC(C)C(=O)Nc1cccc(NC(=O)NC2CCC(C(=O)O)CC2)c1. The number of urea groups is 1. The van der Waals surface area contributed by atoms with Gasteiger partial charge in [-0.1, -0.05) is 19.9 Å². The Kier molecular flexibility index (Phi) is 6.38. The molecule has 0 atom stereocenters. The molecule has 0 heterocycles. The van der Waals surface area contributed by atoms with Crippen LogP contribution in [0.1, 0.15) is 39.5 Å². The lowest BCUT2D eigenvalue weighted by atomic mass is 9.86. The quantitative estimate of drug-likeness (QED) is 0.656. The topological polar surface area (TPSA) is 108 Å². The van der Waals surface area contributed by atoms with Crippen molar-refractivity contribution in [1.29, 1.82) is 0 Å². The van der Waals surface area contributed by atoms with Crippen molar-refractivity contribution < 1.29 is 19.5 Å². The van der Waals surface area contributed by atoms with Crippen LogP contribution in [0.4, 0.5) is 16.2 Å². The van der Waals surface area contributed by atoms with Crippen molar-refractivity contribution in [2.75, 3.05) is 10.6 Å². The van der Waals surface area contributed by atoms with E-state index in [4.69, 9.17) is 5.11 Å². The fraction of sp³-hybridized carbons (Fsp3) is 0.500. The molecule has 0 saturated heterocycles. The minimum absolute atomic E-state index is 0.0144. The molecular formula is C18H25N3O4. The first-order valence-corrected chi connectivity index (χ1v) is 8.56. The summed E-state index contributed by atoms with van der Waals surface area (Å²) in [6, 6.07) is 6.61. The molecule has 0 aliphatic heterocycles. The van der Waals surface area contributed by atoms with Gasteiger partial charge in [-0.3, -0.25) is 9.59 Å². The number of nitrogens with one attached hydrogen (secondary N) is 3. The van der Waals surface area contributed by atoms with Crippen LogP contribution in [0.15, 0.2) is 24.3 Å². The summed E-state index contributed by atoms with van der Waals surface area (Å²) in [5.41, 5.74) is 1.21. The molecule has 0 spiro atoms. The number of carbonyl (C=O) groups excluding carboxylic acids is 2. The number of hydrogen-bond donors (Lipinski definition) is 4. The second-order valence-electron chi connectivity index (χ2n) is 6.71. The molecule has 136 valence electrons. The van der Waals surface area contributed by atoms with Gasteiger partial charge in [0.25, 0.3) is 0 Å². The highest BCUT2D eigenvalue weighted by Gasteiger charge is 2.26. The van der Waals surface area contributed by atoms with Gasteiger partial charge in [0.05, 0.1) is 5.92 Å². The van der Waals surface area contributed by atoms with Crippen LogP contribution in [0, 0.1) is 11.8 Å². The Morgan fingerprint density at radius 1 is 1.04 bits per heavy atom. The van der Waals surface area contributed by atoms with Gasteiger partial charge >= 0.3 is 12.0 Å². The molecule has 0 bridgehead atoms. The van der Waals surface area contributed by atoms with E-state index in [9.17, 15) is 14.4 Å². The molecule has 0 radical (unpaired) electrons. The van der Waals surface area contributed by atoms with E-state index in [2.05, 4.69) is 16.0 Å². The van der Waals surface area contributed by atoms with Crippen LogP contribution in [-0.4, -0.2) is 29.1 Å². The molecule has 1 aliphatic carbocycles. The number of hydrogen-bond acceptors (Lipinski definition) is 3. The second-order valence-corrected chi connectivity index (χ2v) is 6.71. The van der Waals surface area contributed by atoms with Gasteiger partial charge in [-0.15, -0.1) is 0 Å². The van der Waals surface area contributed by atoms with Crippen molar-refractivity contribution >= 4 is 29.3 Å². The smallest absolute Gasteiger partial charge is 0.319 e. The van der Waals surface area contributed by atoms with Crippen LogP contribution in [0.2, 0.25) is 0 Å². The van der Waals surface area contributed by atoms with E-state index >= 15 is 0 Å². The maximum absolute atomic E-state index is 12.1. The molecule has 3 amide bonds. The lowest BCUT2D eigenvalue weighted by Gasteiger charge is -2.26. The largest absolute Gasteiger partial charge is 0.481 e. The summed E-state index contributed by atoms with van der Waals surface area (Å²) in [6.07, 6.45) is 2.48. The van der Waals surface area contributed by atoms with Gasteiger partial charge < -0.3 is 21.1 Å². The average molecular weight is 347 g/mol. The Balaban J connectivity index is 1.84. The lowest BCUT2D eigenvalue weighted by molar-refractivity contribution is -0.142. The third-order valence-electron chi connectivity index (χ3n) is 4.32. The summed E-state index contributed by atoms with van der Waals surface area (Å²) in [5, 5.41) is 17.4. The highest BCUT2D eigenvalue weighted by Crippen LogP contribution is 2.24. The standard InChI is InChI=1S/C18H25N3O4/c1-11(2)16(22)19-14-4-3-5-15(10-14)21-18(25)20-13-8-6-12(7-9-13)17(23)24/h3-5,10-13H,6-9H2,1-2H3,(H,19,22)(H,23,24)(H2,20,21,25). The number of carboxylic acids is 1. The minimum atomic E-state index is -0.761. The molecule has 4 N–H and O–H groups in total. The zero-order valence-electron chi connectivity index (χ0n) is 14.5. The number of carbonyl (C=O) groups is 3. The first kappa shape index (κ1) is 18.8. The Bertz CT molecular complexity index is 637. The van der Waals surface area contributed by atoms with Crippen LogP contribution >= 0.6 is 0 Å². The van der Waals surface area contributed by atoms with E-state index in [1.165, 1.54) is 0 Å². The van der Waals surface area contributed by atoms with E-state index in [-0.39, 0.29) is 29.8 Å². The number of anilines is 2. The molecule has 1 fully saturated rings. The summed E-state index contributed by atoms with van der Waals surface area (Å²) in [7, 11) is 0. The molecule has 0 unspecified atom stereocenters. The predicted molar refractivity (Wildman–Crippen MR) is 95.4 cm³/mol. The fourth-order valence-electron chi connectivity index (χ4n) is 2.80. The monoisotopic (exact) mass is 347 g/mol. The van der Waals surface area contributed by atoms with E-state index in [0.717, 1.165) is 0 Å². The molecular weight excluding hydrogens is 322 g/mol. The number of aliphatic carboxylic acids is 1. The van der Waals surface area contributed by atoms with Crippen LogP contribution < -0.4 is 16.0 Å². The zero-order chi connectivity index (χ0) is 18.4. The van der Waals surface area contributed by atoms with Gasteiger partial charge in [0.2, 0.25) is 5.91 Å². The molecule has 7 nitrogen and oxygen atoms in total. The third-order valence-corrected chi connectivity index (χ3v) is 4.32. The van der Waals surface area contributed by atoms with Crippen molar-refractivity contribution in [2.45, 2.75) is 45.6 Å². The summed E-state index contributed by atoms with van der Waals surface area (Å²) in [6.45, 7) is 3.62. The van der Waals surface area contributed by atoms with Crippen molar-refractivity contribution in [3.05, 3.63) is 24.3 Å². The maximum atomic E-state index is 12.1. The van der Waals surface area contributed by atoms with Gasteiger partial charge in [-0.05, 0) is 43.9 Å². The number of carboxylic acid groups (broad SMARTS) is 1. The normalized spacial score (nSPS) is 20.0. The number of rotatable bonds is 5. The summed E-state index contributed by atoms with van der Waals surface area (Å²) >= 11 is 0. The minimum Gasteiger partial charge on any atom is -0.481 e. The molecule has 1 aromatic carbocycles. The molecule has 1 aromatic rings. The number of benzene rings is 1. The van der Waals surface area contributed by atoms with E-state index in [1.807, 2.05) is 13.8 Å². The van der Waals surface area contributed by atoms with E-state index in [1.54, 1.807) is 24.3 Å². The first-order valence-electron chi connectivity index (χ1n) is 8.56. The van der Waals surface area contributed by atoms with Gasteiger partial charge in [0, 0.05) is 23.3 Å². The highest BCUT2D eigenvalue weighted by molar-refractivity contribution is 5.94. The van der Waals surface area contributed by atoms with Crippen LogP contribution in [0.3, 0.4) is 0 Å². The molecule has 1 saturated carbocycles. The summed E-state index contributed by atoms with van der Waals surface area (Å²) < 4.78 is 0. The van der Waals surface area contributed by atoms with Crippen LogP contribution in [-0.2, 0) is 9.59 Å². The van der Waals surface area contributed by atoms with E-state index < -0.39 is 5.97 Å². The van der Waals surface area contributed by atoms with Crippen molar-refractivity contribution in [1.82, 2.24) is 5.32 Å².